The van der Waals surface area contributed by atoms with Gasteiger partial charge in [0.25, 0.3) is 0 Å². The summed E-state index contributed by atoms with van der Waals surface area (Å²) in [5.74, 6) is -0.700. The Kier molecular flexibility index (Phi) is 4.16. The number of carbonyl (C=O) groups excluding carboxylic acids is 1. The molecule has 1 aromatic carbocycles. The van der Waals surface area contributed by atoms with E-state index in [9.17, 15) is 9.18 Å². The van der Waals surface area contributed by atoms with E-state index in [1.54, 1.807) is 25.5 Å². The van der Waals surface area contributed by atoms with Crippen LogP contribution in [0.4, 0.5) is 4.39 Å². The minimum atomic E-state index is -0.392. The highest BCUT2D eigenvalue weighted by Gasteiger charge is 2.31. The number of amides is 1. The van der Waals surface area contributed by atoms with Crippen molar-refractivity contribution < 1.29 is 9.18 Å². The van der Waals surface area contributed by atoms with Gasteiger partial charge < -0.3 is 9.88 Å². The summed E-state index contributed by atoms with van der Waals surface area (Å²) >= 11 is 6.03. The maximum Gasteiger partial charge on any atom is 0.231 e. The third-order valence-electron chi connectivity index (χ3n) is 4.13. The highest BCUT2D eigenvalue weighted by atomic mass is 35.5. The van der Waals surface area contributed by atoms with Gasteiger partial charge in [0.15, 0.2) is 0 Å². The molecule has 1 N–H and O–H groups in total. The van der Waals surface area contributed by atoms with Crippen LogP contribution in [-0.4, -0.2) is 27.8 Å². The number of halogens is 2. The maximum absolute atomic E-state index is 13.9. The van der Waals surface area contributed by atoms with Gasteiger partial charge >= 0.3 is 0 Å². The molecule has 6 heteroatoms. The SMILES string of the molecule is CN(Cc1c(F)cccc1Cl)C(=O)C1CCCc2[nH]cnc21. The Bertz CT molecular complexity index is 680. The molecule has 0 radical (unpaired) electrons. The molecule has 1 atom stereocenters. The molecule has 116 valence electrons. The summed E-state index contributed by atoms with van der Waals surface area (Å²) < 4.78 is 13.9. The minimum Gasteiger partial charge on any atom is -0.348 e. The molecule has 0 aliphatic heterocycles. The number of H-pyrrole nitrogens is 1. The molecule has 0 fully saturated rings. The molecule has 4 nitrogen and oxygen atoms in total. The Morgan fingerprint density at radius 2 is 2.36 bits per heavy atom. The van der Waals surface area contributed by atoms with Crippen molar-refractivity contribution in [2.45, 2.75) is 31.7 Å². The van der Waals surface area contributed by atoms with Crippen LogP contribution in [0.15, 0.2) is 24.5 Å². The second-order valence-electron chi connectivity index (χ2n) is 5.61. The van der Waals surface area contributed by atoms with Crippen molar-refractivity contribution in [3.05, 3.63) is 52.3 Å². The van der Waals surface area contributed by atoms with Gasteiger partial charge in [-0.15, -0.1) is 0 Å². The van der Waals surface area contributed by atoms with Gasteiger partial charge in [-0.3, -0.25) is 4.79 Å². The number of imidazole rings is 1. The highest BCUT2D eigenvalue weighted by molar-refractivity contribution is 6.31. The lowest BCUT2D eigenvalue weighted by atomic mass is 9.89. The number of aromatic amines is 1. The van der Waals surface area contributed by atoms with Gasteiger partial charge in [-0.1, -0.05) is 17.7 Å². The average Bonchev–Trinajstić information content (AvgIpc) is 2.98. The zero-order valence-corrected chi connectivity index (χ0v) is 13.0. The molecule has 1 amide bonds. The van der Waals surface area contributed by atoms with Crippen molar-refractivity contribution in [1.82, 2.24) is 14.9 Å². The van der Waals surface area contributed by atoms with E-state index in [0.717, 1.165) is 30.7 Å². The van der Waals surface area contributed by atoms with Crippen LogP contribution in [0.3, 0.4) is 0 Å². The number of hydrogen-bond donors (Lipinski definition) is 1. The second-order valence-corrected chi connectivity index (χ2v) is 6.01. The number of likely N-dealkylation sites (N-methyl/N-ethyl adjacent to an activating group) is 1. The van der Waals surface area contributed by atoms with Crippen LogP contribution in [0.1, 0.15) is 35.7 Å². The summed E-state index contributed by atoms with van der Waals surface area (Å²) in [4.78, 5) is 21.6. The minimum absolute atomic E-state index is 0.0487. The van der Waals surface area contributed by atoms with Crippen molar-refractivity contribution >= 4 is 17.5 Å². The Morgan fingerprint density at radius 3 is 3.14 bits per heavy atom. The van der Waals surface area contributed by atoms with Crippen LogP contribution in [0.5, 0.6) is 0 Å². The summed E-state index contributed by atoms with van der Waals surface area (Å²) in [6.07, 6.45) is 4.26. The first kappa shape index (κ1) is 15.0. The Balaban J connectivity index is 1.79. The number of benzene rings is 1. The van der Waals surface area contributed by atoms with Crippen molar-refractivity contribution in [2.75, 3.05) is 7.05 Å². The van der Waals surface area contributed by atoms with E-state index in [2.05, 4.69) is 9.97 Å². The summed E-state index contributed by atoms with van der Waals surface area (Å²) in [6, 6.07) is 4.54. The summed E-state index contributed by atoms with van der Waals surface area (Å²) in [5.41, 5.74) is 2.20. The molecule has 1 aliphatic rings. The molecule has 0 saturated heterocycles. The van der Waals surface area contributed by atoms with Crippen LogP contribution in [0, 0.1) is 5.82 Å². The second kappa shape index (κ2) is 6.08. The molecule has 1 aliphatic carbocycles. The lowest BCUT2D eigenvalue weighted by Gasteiger charge is -2.26. The standard InChI is InChI=1S/C16H17ClFN3O/c1-21(8-11-12(17)5-3-6-13(11)18)16(22)10-4-2-7-14-15(10)20-9-19-14/h3,5-6,9-10H,2,4,7-8H2,1H3,(H,19,20). The number of carbonyl (C=O) groups is 1. The van der Waals surface area contributed by atoms with E-state index in [4.69, 9.17) is 11.6 Å². The number of aromatic nitrogens is 2. The van der Waals surface area contributed by atoms with Crippen LogP contribution in [0.25, 0.3) is 0 Å². The molecule has 2 aromatic rings. The molecule has 22 heavy (non-hydrogen) atoms. The third kappa shape index (κ3) is 2.73. The molecule has 0 bridgehead atoms. The van der Waals surface area contributed by atoms with E-state index < -0.39 is 5.82 Å². The van der Waals surface area contributed by atoms with Gasteiger partial charge in [-0.05, 0) is 31.4 Å². The smallest absolute Gasteiger partial charge is 0.231 e. The van der Waals surface area contributed by atoms with Crippen molar-refractivity contribution in [2.24, 2.45) is 0 Å². The van der Waals surface area contributed by atoms with Crippen LogP contribution in [-0.2, 0) is 17.8 Å². The van der Waals surface area contributed by atoms with Crippen molar-refractivity contribution in [1.29, 1.82) is 0 Å². The third-order valence-corrected chi connectivity index (χ3v) is 4.49. The summed E-state index contributed by atoms with van der Waals surface area (Å²) in [5, 5.41) is 0.337. The largest absolute Gasteiger partial charge is 0.348 e. The van der Waals surface area contributed by atoms with Crippen LogP contribution in [0.2, 0.25) is 5.02 Å². The van der Waals surface area contributed by atoms with E-state index in [-0.39, 0.29) is 18.4 Å². The Hall–Kier alpha value is -1.88. The first-order valence-electron chi connectivity index (χ1n) is 7.28. The van der Waals surface area contributed by atoms with Gasteiger partial charge in [-0.2, -0.15) is 0 Å². The van der Waals surface area contributed by atoms with E-state index in [1.165, 1.54) is 11.0 Å². The van der Waals surface area contributed by atoms with Gasteiger partial charge in [0.1, 0.15) is 5.82 Å². The summed E-state index contributed by atoms with van der Waals surface area (Å²) in [7, 11) is 1.67. The van der Waals surface area contributed by atoms with Gasteiger partial charge in [-0.25, -0.2) is 9.37 Å². The number of nitrogens with one attached hydrogen (secondary N) is 1. The Morgan fingerprint density at radius 1 is 1.55 bits per heavy atom. The first-order chi connectivity index (χ1) is 10.6. The van der Waals surface area contributed by atoms with Crippen molar-refractivity contribution in [3.63, 3.8) is 0 Å². The molecule has 1 heterocycles. The quantitative estimate of drug-likeness (QED) is 0.943. The lowest BCUT2D eigenvalue weighted by Crippen LogP contribution is -2.33. The topological polar surface area (TPSA) is 49.0 Å². The summed E-state index contributed by atoms with van der Waals surface area (Å²) in [6.45, 7) is 0.153. The van der Waals surface area contributed by atoms with Crippen LogP contribution >= 0.6 is 11.6 Å². The average molecular weight is 322 g/mol. The van der Waals surface area contributed by atoms with E-state index >= 15 is 0 Å². The van der Waals surface area contributed by atoms with Gasteiger partial charge in [0.05, 0.1) is 17.9 Å². The number of rotatable bonds is 3. The molecule has 0 spiro atoms. The molecule has 0 saturated carbocycles. The fraction of sp³-hybridized carbons (Fsp3) is 0.375. The number of nitrogens with zero attached hydrogens (tertiary/aromatic N) is 2. The zero-order valence-electron chi connectivity index (χ0n) is 12.3. The van der Waals surface area contributed by atoms with E-state index in [0.29, 0.717) is 10.6 Å². The molecular weight excluding hydrogens is 305 g/mol. The van der Waals surface area contributed by atoms with Crippen molar-refractivity contribution in [3.8, 4) is 0 Å². The molecule has 1 unspecified atom stereocenters. The number of hydrogen-bond acceptors (Lipinski definition) is 2. The van der Waals surface area contributed by atoms with Gasteiger partial charge in [0, 0.05) is 29.9 Å². The lowest BCUT2D eigenvalue weighted by molar-refractivity contribution is -0.132. The number of fused-ring (bicyclic) bond motifs is 1. The molecule has 1 aromatic heterocycles. The maximum atomic E-state index is 13.9. The fourth-order valence-electron chi connectivity index (χ4n) is 2.96. The molecular formula is C16H17ClFN3O. The predicted octanol–water partition coefficient (Wildman–Crippen LogP) is 3.28. The number of aryl methyl sites for hydroxylation is 1. The van der Waals surface area contributed by atoms with Gasteiger partial charge in [0.2, 0.25) is 5.91 Å². The normalized spacial score (nSPS) is 17.1. The molecule has 3 rings (SSSR count). The van der Waals surface area contributed by atoms with E-state index in [1.807, 2.05) is 0 Å². The zero-order chi connectivity index (χ0) is 15.7. The predicted molar refractivity (Wildman–Crippen MR) is 82.2 cm³/mol. The first-order valence-corrected chi connectivity index (χ1v) is 7.65. The Labute approximate surface area is 133 Å². The fourth-order valence-corrected chi connectivity index (χ4v) is 3.18. The highest BCUT2D eigenvalue weighted by Crippen LogP contribution is 2.31. The van der Waals surface area contributed by atoms with Crippen LogP contribution < -0.4 is 0 Å². The monoisotopic (exact) mass is 321 g/mol.